The molecule has 0 radical (unpaired) electrons. The minimum atomic E-state index is -0.375. The average molecular weight is 429 g/mol. The molecule has 0 fully saturated rings. The molecular weight excluding hydrogens is 416 g/mol. The molecule has 0 spiro atoms. The molecule has 0 atom stereocenters. The third kappa shape index (κ3) is 3.95. The van der Waals surface area contributed by atoms with Crippen LogP contribution in [0.5, 0.6) is 11.5 Å². The smallest absolute Gasteiger partial charge is 0.263 e. The Kier molecular flexibility index (Phi) is 4.79. The van der Waals surface area contributed by atoms with Gasteiger partial charge < -0.3 is 9.47 Å². The molecule has 0 saturated heterocycles. The summed E-state index contributed by atoms with van der Waals surface area (Å²) in [6, 6.07) is 13.0. The maximum atomic E-state index is 12.0. The fourth-order valence-corrected chi connectivity index (χ4v) is 2.81. The van der Waals surface area contributed by atoms with E-state index in [2.05, 4.69) is 41.9 Å². The van der Waals surface area contributed by atoms with Crippen LogP contribution >= 0.6 is 15.9 Å². The first-order valence-corrected chi connectivity index (χ1v) is 8.72. The van der Waals surface area contributed by atoms with Gasteiger partial charge in [-0.1, -0.05) is 30.3 Å². The van der Waals surface area contributed by atoms with Crippen LogP contribution in [0.1, 0.15) is 5.56 Å². The van der Waals surface area contributed by atoms with Crippen molar-refractivity contribution < 1.29 is 14.3 Å². The summed E-state index contributed by atoms with van der Waals surface area (Å²) < 4.78 is 11.4. The van der Waals surface area contributed by atoms with Gasteiger partial charge in [-0.15, -0.1) is 10.2 Å². The molecular formula is C17H13BrN6O3. The van der Waals surface area contributed by atoms with E-state index < -0.39 is 0 Å². The Morgan fingerprint density at radius 3 is 2.85 bits per heavy atom. The molecule has 4 rings (SSSR count). The van der Waals surface area contributed by atoms with Gasteiger partial charge in [-0.05, 0) is 33.3 Å². The average Bonchev–Trinajstić information content (AvgIpc) is 3.32. The second-order valence-electron chi connectivity index (χ2n) is 5.53. The van der Waals surface area contributed by atoms with Gasteiger partial charge in [0.05, 0.1) is 6.21 Å². The van der Waals surface area contributed by atoms with Gasteiger partial charge >= 0.3 is 0 Å². The number of ether oxygens (including phenoxy) is 2. The number of tetrazole rings is 1. The molecule has 0 aliphatic carbocycles. The van der Waals surface area contributed by atoms with Crippen molar-refractivity contribution in [1.29, 1.82) is 0 Å². The number of halogens is 1. The van der Waals surface area contributed by atoms with Crippen LogP contribution in [-0.2, 0) is 11.3 Å². The number of carbonyl (C=O) groups is 1. The number of amides is 1. The van der Waals surface area contributed by atoms with E-state index in [1.165, 1.54) is 11.0 Å². The molecule has 0 saturated carbocycles. The number of hydrazone groups is 1. The van der Waals surface area contributed by atoms with Crippen molar-refractivity contribution in [1.82, 2.24) is 25.6 Å². The third-order valence-corrected chi connectivity index (χ3v) is 4.34. The molecule has 10 heteroatoms. The topological polar surface area (TPSA) is 104 Å². The highest BCUT2D eigenvalue weighted by atomic mass is 79.9. The van der Waals surface area contributed by atoms with Gasteiger partial charge in [0.15, 0.2) is 11.5 Å². The van der Waals surface area contributed by atoms with Crippen molar-refractivity contribution in [2.24, 2.45) is 5.10 Å². The first-order chi connectivity index (χ1) is 13.2. The maximum Gasteiger partial charge on any atom is 0.263 e. The Labute approximate surface area is 162 Å². The quantitative estimate of drug-likeness (QED) is 0.492. The number of fused-ring (bicyclic) bond motifs is 1. The van der Waals surface area contributed by atoms with Crippen molar-refractivity contribution in [3.05, 3.63) is 52.5 Å². The van der Waals surface area contributed by atoms with Crippen molar-refractivity contribution in [3.8, 4) is 22.9 Å². The van der Waals surface area contributed by atoms with Gasteiger partial charge in [0, 0.05) is 15.6 Å². The number of hydrogen-bond donors (Lipinski definition) is 1. The fraction of sp³-hybridized carbons (Fsp3) is 0.118. The molecule has 2 aromatic carbocycles. The SMILES string of the molecule is O=C(Cn1nnc(-c2ccccc2)n1)N/N=C/c1cc2c(cc1Br)OCO2. The molecule has 1 N–H and O–H groups in total. The molecule has 1 aromatic heterocycles. The summed E-state index contributed by atoms with van der Waals surface area (Å²) in [7, 11) is 0. The zero-order chi connectivity index (χ0) is 18.6. The van der Waals surface area contributed by atoms with Crippen LogP contribution in [0.25, 0.3) is 11.4 Å². The Balaban J connectivity index is 1.36. The van der Waals surface area contributed by atoms with Crippen molar-refractivity contribution in [2.45, 2.75) is 6.54 Å². The summed E-state index contributed by atoms with van der Waals surface area (Å²) in [5.74, 6) is 1.37. The largest absolute Gasteiger partial charge is 0.454 e. The van der Waals surface area contributed by atoms with Gasteiger partial charge in [0.2, 0.25) is 12.6 Å². The highest BCUT2D eigenvalue weighted by Crippen LogP contribution is 2.36. The molecule has 0 bridgehead atoms. The number of aromatic nitrogens is 4. The molecule has 0 unspecified atom stereocenters. The predicted molar refractivity (Wildman–Crippen MR) is 99.3 cm³/mol. The monoisotopic (exact) mass is 428 g/mol. The van der Waals surface area contributed by atoms with Crippen LogP contribution in [0.2, 0.25) is 0 Å². The van der Waals surface area contributed by atoms with Gasteiger partial charge in [-0.2, -0.15) is 9.90 Å². The maximum absolute atomic E-state index is 12.0. The molecule has 2 heterocycles. The Morgan fingerprint density at radius 2 is 2.04 bits per heavy atom. The van der Waals surface area contributed by atoms with Crippen LogP contribution in [0.4, 0.5) is 0 Å². The number of rotatable bonds is 5. The van der Waals surface area contributed by atoms with E-state index >= 15 is 0 Å². The van der Waals surface area contributed by atoms with Gasteiger partial charge in [0.25, 0.3) is 5.91 Å². The van der Waals surface area contributed by atoms with Crippen LogP contribution < -0.4 is 14.9 Å². The Morgan fingerprint density at radius 1 is 1.26 bits per heavy atom. The first kappa shape index (κ1) is 17.2. The molecule has 1 aliphatic heterocycles. The number of hydrogen-bond acceptors (Lipinski definition) is 7. The van der Waals surface area contributed by atoms with E-state index in [0.29, 0.717) is 17.3 Å². The predicted octanol–water partition coefficient (Wildman–Crippen LogP) is 1.98. The molecule has 1 amide bonds. The lowest BCUT2D eigenvalue weighted by molar-refractivity contribution is -0.122. The number of benzene rings is 2. The van der Waals surface area contributed by atoms with Gasteiger partial charge in [-0.25, -0.2) is 5.43 Å². The normalized spacial score (nSPS) is 12.5. The summed E-state index contributed by atoms with van der Waals surface area (Å²) in [6.45, 7) is 0.0917. The van der Waals surface area contributed by atoms with Crippen LogP contribution in [0.15, 0.2) is 52.0 Å². The Bertz CT molecular complexity index is 1010. The number of nitrogens with one attached hydrogen (secondary N) is 1. The molecule has 3 aromatic rings. The summed E-state index contributed by atoms with van der Waals surface area (Å²) >= 11 is 3.42. The highest BCUT2D eigenvalue weighted by Gasteiger charge is 2.15. The van der Waals surface area contributed by atoms with E-state index in [-0.39, 0.29) is 19.2 Å². The zero-order valence-electron chi connectivity index (χ0n) is 13.9. The van der Waals surface area contributed by atoms with E-state index in [4.69, 9.17) is 9.47 Å². The van der Waals surface area contributed by atoms with Crippen LogP contribution in [0, 0.1) is 0 Å². The van der Waals surface area contributed by atoms with Crippen LogP contribution in [-0.4, -0.2) is 39.1 Å². The van der Waals surface area contributed by atoms with E-state index in [9.17, 15) is 4.79 Å². The third-order valence-electron chi connectivity index (χ3n) is 3.65. The Hall–Kier alpha value is -3.27. The molecule has 1 aliphatic rings. The van der Waals surface area contributed by atoms with E-state index in [0.717, 1.165) is 15.6 Å². The summed E-state index contributed by atoms with van der Waals surface area (Å²) in [4.78, 5) is 13.2. The van der Waals surface area contributed by atoms with Crippen molar-refractivity contribution in [2.75, 3.05) is 6.79 Å². The first-order valence-electron chi connectivity index (χ1n) is 7.93. The number of nitrogens with zero attached hydrogens (tertiary/aromatic N) is 5. The van der Waals surface area contributed by atoms with Crippen LogP contribution in [0.3, 0.4) is 0 Å². The molecule has 27 heavy (non-hydrogen) atoms. The highest BCUT2D eigenvalue weighted by molar-refractivity contribution is 9.10. The van der Waals surface area contributed by atoms with Crippen molar-refractivity contribution >= 4 is 28.1 Å². The van der Waals surface area contributed by atoms with E-state index in [1.807, 2.05) is 30.3 Å². The second kappa shape index (κ2) is 7.54. The zero-order valence-corrected chi connectivity index (χ0v) is 15.5. The number of carbonyl (C=O) groups excluding carboxylic acids is 1. The second-order valence-corrected chi connectivity index (χ2v) is 6.38. The summed E-state index contributed by atoms with van der Waals surface area (Å²) in [5, 5.41) is 16.0. The van der Waals surface area contributed by atoms with Gasteiger partial charge in [-0.3, -0.25) is 4.79 Å². The standard InChI is InChI=1S/C17H13BrN6O3/c18-13-7-15-14(26-10-27-15)6-12(13)8-19-20-16(25)9-24-22-17(21-23-24)11-4-2-1-3-5-11/h1-8H,9-10H2,(H,20,25)/b19-8+. The fourth-order valence-electron chi connectivity index (χ4n) is 2.38. The molecule has 9 nitrogen and oxygen atoms in total. The summed E-state index contributed by atoms with van der Waals surface area (Å²) in [6.07, 6.45) is 1.51. The minimum absolute atomic E-state index is 0.0977. The van der Waals surface area contributed by atoms with Gasteiger partial charge in [0.1, 0.15) is 6.54 Å². The lowest BCUT2D eigenvalue weighted by atomic mass is 10.2. The lowest BCUT2D eigenvalue weighted by Gasteiger charge is -2.02. The molecule has 136 valence electrons. The minimum Gasteiger partial charge on any atom is -0.454 e. The van der Waals surface area contributed by atoms with Crippen molar-refractivity contribution in [3.63, 3.8) is 0 Å². The van der Waals surface area contributed by atoms with E-state index in [1.54, 1.807) is 12.1 Å². The summed E-state index contributed by atoms with van der Waals surface area (Å²) in [5.41, 5.74) is 4.00. The lowest BCUT2D eigenvalue weighted by Crippen LogP contribution is -2.24.